The van der Waals surface area contributed by atoms with Gasteiger partial charge in [0.05, 0.1) is 7.05 Å². The third kappa shape index (κ3) is 6.70. The number of amides is 2. The fraction of sp³-hybridized carbons (Fsp3) is 0.440. The summed E-state index contributed by atoms with van der Waals surface area (Å²) in [5.41, 5.74) is 3.90. The summed E-state index contributed by atoms with van der Waals surface area (Å²) in [4.78, 5) is 27.9. The molecule has 2 aromatic carbocycles. The summed E-state index contributed by atoms with van der Waals surface area (Å²) < 4.78 is 0. The van der Waals surface area contributed by atoms with E-state index in [1.807, 2.05) is 27.0 Å². The van der Waals surface area contributed by atoms with E-state index in [-0.39, 0.29) is 17.2 Å². The largest absolute Gasteiger partial charge is 0.339 e. The van der Waals surface area contributed by atoms with Crippen molar-refractivity contribution in [1.82, 2.24) is 4.90 Å². The molecule has 2 amide bonds. The second kappa shape index (κ2) is 10.4. The van der Waals surface area contributed by atoms with E-state index in [2.05, 4.69) is 50.4 Å². The van der Waals surface area contributed by atoms with Crippen LogP contribution < -0.4 is 10.2 Å². The highest BCUT2D eigenvalue weighted by Crippen LogP contribution is 2.22. The molecule has 2 aromatic rings. The molecule has 0 aliphatic carbocycles. The van der Waals surface area contributed by atoms with Crippen LogP contribution in [0.25, 0.3) is 0 Å². The van der Waals surface area contributed by atoms with Crippen molar-refractivity contribution in [3.05, 3.63) is 65.2 Å². The predicted molar refractivity (Wildman–Crippen MR) is 123 cm³/mol. The maximum Gasteiger partial charge on any atom is 0.279 e. The van der Waals surface area contributed by atoms with Crippen LogP contribution in [0.15, 0.2) is 48.5 Å². The van der Waals surface area contributed by atoms with Crippen molar-refractivity contribution >= 4 is 17.5 Å². The summed E-state index contributed by atoms with van der Waals surface area (Å²) in [5, 5.41) is 2.93. The van der Waals surface area contributed by atoms with Gasteiger partial charge < -0.3 is 15.1 Å². The topological polar surface area (TPSA) is 53.9 Å². The van der Waals surface area contributed by atoms with E-state index in [1.54, 1.807) is 23.1 Å². The van der Waals surface area contributed by atoms with Gasteiger partial charge in [-0.05, 0) is 43.0 Å². The van der Waals surface area contributed by atoms with E-state index >= 15 is 0 Å². The molecule has 5 heteroatoms. The third-order valence-corrected chi connectivity index (χ3v) is 5.23. The number of likely N-dealkylation sites (N-methyl/N-ethyl adjacent to an activating group) is 1. The monoisotopic (exact) mass is 410 g/mol. The van der Waals surface area contributed by atoms with Gasteiger partial charge in [-0.3, -0.25) is 9.59 Å². The lowest BCUT2D eigenvalue weighted by Crippen LogP contribution is -3.08. The summed E-state index contributed by atoms with van der Waals surface area (Å²) in [6.07, 6.45) is 0. The van der Waals surface area contributed by atoms with Crippen molar-refractivity contribution < 1.29 is 14.5 Å². The zero-order chi connectivity index (χ0) is 22.3. The van der Waals surface area contributed by atoms with Crippen LogP contribution in [0.2, 0.25) is 0 Å². The van der Waals surface area contributed by atoms with Crippen molar-refractivity contribution in [2.24, 2.45) is 0 Å². The Labute approximate surface area is 181 Å². The van der Waals surface area contributed by atoms with Gasteiger partial charge in [0.1, 0.15) is 6.54 Å². The second-order valence-electron chi connectivity index (χ2n) is 8.86. The van der Waals surface area contributed by atoms with Gasteiger partial charge in [0.25, 0.3) is 11.8 Å². The molecule has 30 heavy (non-hydrogen) atoms. The number of anilines is 1. The Morgan fingerprint density at radius 2 is 1.63 bits per heavy atom. The minimum atomic E-state index is -0.0637. The van der Waals surface area contributed by atoms with Gasteiger partial charge in [0, 0.05) is 29.9 Å². The van der Waals surface area contributed by atoms with Gasteiger partial charge in [-0.1, -0.05) is 51.1 Å². The number of quaternary nitrogens is 1. The fourth-order valence-electron chi connectivity index (χ4n) is 3.44. The molecule has 1 atom stereocenters. The maximum atomic E-state index is 12.5. The lowest BCUT2D eigenvalue weighted by molar-refractivity contribution is -0.885. The highest BCUT2D eigenvalue weighted by Gasteiger charge is 2.16. The number of hydrogen-bond donors (Lipinski definition) is 2. The van der Waals surface area contributed by atoms with E-state index in [4.69, 9.17) is 0 Å². The number of hydrogen-bond acceptors (Lipinski definition) is 2. The Morgan fingerprint density at radius 1 is 1.00 bits per heavy atom. The van der Waals surface area contributed by atoms with Crippen LogP contribution in [0.4, 0.5) is 5.69 Å². The van der Waals surface area contributed by atoms with Crippen LogP contribution in [0, 0.1) is 0 Å². The zero-order valence-corrected chi connectivity index (χ0v) is 19.2. The Morgan fingerprint density at radius 3 is 2.20 bits per heavy atom. The minimum Gasteiger partial charge on any atom is -0.339 e. The first-order valence-corrected chi connectivity index (χ1v) is 10.7. The number of nitrogens with one attached hydrogen (secondary N) is 2. The normalized spacial score (nSPS) is 12.3. The fourth-order valence-corrected chi connectivity index (χ4v) is 3.44. The van der Waals surface area contributed by atoms with Crippen LogP contribution >= 0.6 is 0 Å². The summed E-state index contributed by atoms with van der Waals surface area (Å²) in [6, 6.07) is 15.8. The molecule has 162 valence electrons. The van der Waals surface area contributed by atoms with Gasteiger partial charge in [-0.15, -0.1) is 0 Å². The molecule has 0 bridgehead atoms. The van der Waals surface area contributed by atoms with Gasteiger partial charge in [0.15, 0.2) is 6.54 Å². The highest BCUT2D eigenvalue weighted by molar-refractivity contribution is 5.97. The van der Waals surface area contributed by atoms with E-state index < -0.39 is 0 Å². The van der Waals surface area contributed by atoms with Crippen molar-refractivity contribution in [3.63, 3.8) is 0 Å². The first kappa shape index (κ1) is 23.6. The summed E-state index contributed by atoms with van der Waals surface area (Å²) >= 11 is 0. The Hall–Kier alpha value is -2.66. The molecule has 0 saturated carbocycles. The van der Waals surface area contributed by atoms with E-state index in [0.717, 1.165) is 11.4 Å². The molecule has 0 heterocycles. The smallest absolute Gasteiger partial charge is 0.279 e. The lowest BCUT2D eigenvalue weighted by Gasteiger charge is -2.20. The summed E-state index contributed by atoms with van der Waals surface area (Å²) in [5.74, 6) is -0.0798. The Balaban J connectivity index is 1.94. The molecule has 2 rings (SSSR count). The van der Waals surface area contributed by atoms with Gasteiger partial charge in [-0.25, -0.2) is 0 Å². The lowest BCUT2D eigenvalue weighted by atomic mass is 9.87. The standard InChI is InChI=1S/C25H35N3O2/c1-7-28(8-2)24(30)20-10-9-11-22(16-20)26-23(29)18-27(6)17-19-12-14-21(15-13-19)25(3,4)5/h9-16H,7-8,17-18H2,1-6H3,(H,26,29)/p+1. The predicted octanol–water partition coefficient (Wildman–Crippen LogP) is 3.12. The average Bonchev–Trinajstić information content (AvgIpc) is 2.68. The third-order valence-electron chi connectivity index (χ3n) is 5.23. The SMILES string of the molecule is CCN(CC)C(=O)c1cccc(NC(=O)C[NH+](C)Cc2ccc(C(C)(C)C)cc2)c1. The molecular formula is C25H36N3O2+. The van der Waals surface area contributed by atoms with E-state index in [0.29, 0.717) is 30.9 Å². The molecule has 0 aromatic heterocycles. The Kier molecular flexibility index (Phi) is 8.18. The average molecular weight is 411 g/mol. The summed E-state index contributed by atoms with van der Waals surface area (Å²) in [6.45, 7) is 13.0. The van der Waals surface area contributed by atoms with Crippen molar-refractivity contribution in [3.8, 4) is 0 Å². The number of carbonyl (C=O) groups excluding carboxylic acids is 2. The quantitative estimate of drug-likeness (QED) is 0.703. The zero-order valence-electron chi connectivity index (χ0n) is 19.2. The van der Waals surface area contributed by atoms with Crippen LogP contribution in [0.1, 0.15) is 56.1 Å². The van der Waals surface area contributed by atoms with E-state index in [1.165, 1.54) is 11.1 Å². The number of carbonyl (C=O) groups is 2. The molecule has 1 unspecified atom stereocenters. The van der Waals surface area contributed by atoms with Crippen LogP contribution in [-0.2, 0) is 16.8 Å². The molecule has 0 aliphatic heterocycles. The molecule has 2 N–H and O–H groups in total. The van der Waals surface area contributed by atoms with Crippen LogP contribution in [-0.4, -0.2) is 43.4 Å². The number of benzene rings is 2. The molecule has 5 nitrogen and oxygen atoms in total. The van der Waals surface area contributed by atoms with Gasteiger partial charge >= 0.3 is 0 Å². The molecule has 0 fully saturated rings. The van der Waals surface area contributed by atoms with Crippen molar-refractivity contribution in [2.75, 3.05) is 32.0 Å². The maximum absolute atomic E-state index is 12.5. The molecule has 0 spiro atoms. The molecule has 0 saturated heterocycles. The highest BCUT2D eigenvalue weighted by atomic mass is 16.2. The van der Waals surface area contributed by atoms with Crippen LogP contribution in [0.5, 0.6) is 0 Å². The minimum absolute atomic E-state index is 0.0162. The molecule has 0 aliphatic rings. The summed E-state index contributed by atoms with van der Waals surface area (Å²) in [7, 11) is 2.01. The second-order valence-corrected chi connectivity index (χ2v) is 8.86. The van der Waals surface area contributed by atoms with E-state index in [9.17, 15) is 9.59 Å². The van der Waals surface area contributed by atoms with Gasteiger partial charge in [-0.2, -0.15) is 0 Å². The number of rotatable bonds is 8. The number of nitrogens with zero attached hydrogens (tertiary/aromatic N) is 1. The van der Waals surface area contributed by atoms with Crippen molar-refractivity contribution in [2.45, 2.75) is 46.6 Å². The molecule has 0 radical (unpaired) electrons. The first-order chi connectivity index (χ1) is 14.1. The van der Waals surface area contributed by atoms with Crippen LogP contribution in [0.3, 0.4) is 0 Å². The Bertz CT molecular complexity index is 849. The molecular weight excluding hydrogens is 374 g/mol. The van der Waals surface area contributed by atoms with Gasteiger partial charge in [0.2, 0.25) is 0 Å². The van der Waals surface area contributed by atoms with Crippen molar-refractivity contribution in [1.29, 1.82) is 0 Å². The first-order valence-electron chi connectivity index (χ1n) is 10.7.